The molecule has 1 fully saturated rings. The summed E-state index contributed by atoms with van der Waals surface area (Å²) >= 11 is 0. The molecular formula is C6H9NO3. The summed E-state index contributed by atoms with van der Waals surface area (Å²) in [4.78, 5) is 20.7. The van der Waals surface area contributed by atoms with Gasteiger partial charge in [-0.15, -0.1) is 0 Å². The molecule has 2 N–H and O–H groups in total. The zero-order valence-corrected chi connectivity index (χ0v) is 5.72. The van der Waals surface area contributed by atoms with Crippen LogP contribution in [0.5, 0.6) is 0 Å². The van der Waals surface area contributed by atoms with Gasteiger partial charge >= 0.3 is 6.09 Å². The summed E-state index contributed by atoms with van der Waals surface area (Å²) in [5.41, 5.74) is 4.15. The summed E-state index contributed by atoms with van der Waals surface area (Å²) in [6, 6.07) is 0. The summed E-state index contributed by atoms with van der Waals surface area (Å²) in [5.74, 6) is 0.115. The third-order valence-corrected chi connectivity index (χ3v) is 1.49. The maximum Gasteiger partial charge on any atom is 0.405 e. The molecule has 0 atom stereocenters. The number of hydrogen-bond donors (Lipinski definition) is 1. The second kappa shape index (κ2) is 1.97. The average Bonchev–Trinajstić information content (AvgIpc) is 1.57. The fourth-order valence-corrected chi connectivity index (χ4v) is 1.10. The van der Waals surface area contributed by atoms with Gasteiger partial charge in [0.1, 0.15) is 11.4 Å². The topological polar surface area (TPSA) is 69.4 Å². The molecule has 56 valence electrons. The number of nitrogens with two attached hydrogens (primary N) is 1. The van der Waals surface area contributed by atoms with Crippen molar-refractivity contribution in [2.45, 2.75) is 25.4 Å². The molecule has 0 aromatic heterocycles. The van der Waals surface area contributed by atoms with Crippen LogP contribution in [0.25, 0.3) is 0 Å². The normalized spacial score (nSPS) is 21.5. The van der Waals surface area contributed by atoms with Crippen LogP contribution in [0, 0.1) is 0 Å². The van der Waals surface area contributed by atoms with Gasteiger partial charge in [0.2, 0.25) is 0 Å². The average molecular weight is 143 g/mol. The Morgan fingerprint density at radius 3 is 2.50 bits per heavy atom. The molecule has 0 spiro atoms. The van der Waals surface area contributed by atoms with Crippen LogP contribution in [0.3, 0.4) is 0 Å². The van der Waals surface area contributed by atoms with Crippen LogP contribution in [-0.2, 0) is 9.53 Å². The smallest absolute Gasteiger partial charge is 0.405 e. The van der Waals surface area contributed by atoms with Crippen molar-refractivity contribution in [1.82, 2.24) is 0 Å². The van der Waals surface area contributed by atoms with E-state index < -0.39 is 11.7 Å². The molecule has 0 aromatic rings. The molecule has 0 aliphatic heterocycles. The first-order valence-corrected chi connectivity index (χ1v) is 3.02. The number of Topliss-reactive ketones (excluding diaryl/α,β-unsaturated/α-hetero) is 1. The van der Waals surface area contributed by atoms with Gasteiger partial charge in [-0.2, -0.15) is 0 Å². The third-order valence-electron chi connectivity index (χ3n) is 1.49. The van der Waals surface area contributed by atoms with Crippen molar-refractivity contribution in [2.75, 3.05) is 0 Å². The highest BCUT2D eigenvalue weighted by atomic mass is 16.6. The standard InChI is InChI=1S/C6H9NO3/c1-6(10-5(7)9)2-4(8)3-6/h2-3H2,1H3,(H2,7,9). The van der Waals surface area contributed by atoms with Crippen molar-refractivity contribution in [3.63, 3.8) is 0 Å². The maximum absolute atomic E-state index is 10.5. The molecule has 1 aliphatic rings. The van der Waals surface area contributed by atoms with Gasteiger partial charge in [-0.25, -0.2) is 4.79 Å². The number of rotatable bonds is 1. The molecule has 1 rings (SSSR count). The third kappa shape index (κ3) is 1.26. The van der Waals surface area contributed by atoms with Gasteiger partial charge in [0.25, 0.3) is 0 Å². The van der Waals surface area contributed by atoms with Crippen LogP contribution < -0.4 is 5.73 Å². The van der Waals surface area contributed by atoms with E-state index in [0.717, 1.165) is 0 Å². The van der Waals surface area contributed by atoms with Crippen LogP contribution in [0.4, 0.5) is 4.79 Å². The lowest BCUT2D eigenvalue weighted by atomic mass is 9.80. The lowest BCUT2D eigenvalue weighted by Gasteiger charge is -2.35. The zero-order valence-electron chi connectivity index (χ0n) is 5.72. The minimum absolute atomic E-state index is 0.115. The molecule has 1 aliphatic carbocycles. The van der Waals surface area contributed by atoms with Crippen molar-refractivity contribution in [3.8, 4) is 0 Å². The predicted octanol–water partition coefficient (Wildman–Crippen LogP) is 0.203. The number of amides is 1. The Morgan fingerprint density at radius 1 is 1.70 bits per heavy atom. The molecule has 0 heterocycles. The minimum Gasteiger partial charge on any atom is -0.442 e. The van der Waals surface area contributed by atoms with E-state index >= 15 is 0 Å². The van der Waals surface area contributed by atoms with Crippen LogP contribution in [-0.4, -0.2) is 17.5 Å². The Kier molecular flexibility index (Phi) is 1.39. The first-order chi connectivity index (χ1) is 4.52. The summed E-state index contributed by atoms with van der Waals surface area (Å²) < 4.78 is 4.66. The SMILES string of the molecule is CC1(OC(N)=O)CC(=O)C1. The Balaban J connectivity index is 2.41. The largest absolute Gasteiger partial charge is 0.442 e. The number of hydrogen-bond acceptors (Lipinski definition) is 3. The van der Waals surface area contributed by atoms with Crippen molar-refractivity contribution in [3.05, 3.63) is 0 Å². The molecule has 10 heavy (non-hydrogen) atoms. The van der Waals surface area contributed by atoms with E-state index in [2.05, 4.69) is 4.74 Å². The van der Waals surface area contributed by atoms with E-state index in [4.69, 9.17) is 5.73 Å². The fraction of sp³-hybridized carbons (Fsp3) is 0.667. The Bertz CT molecular complexity index is 179. The number of carbonyl (C=O) groups is 2. The predicted molar refractivity (Wildman–Crippen MR) is 33.3 cm³/mol. The van der Waals surface area contributed by atoms with Crippen LogP contribution in [0.1, 0.15) is 19.8 Å². The summed E-state index contributed by atoms with van der Waals surface area (Å²) in [5, 5.41) is 0. The van der Waals surface area contributed by atoms with E-state index in [1.54, 1.807) is 6.92 Å². The second-order valence-electron chi connectivity index (χ2n) is 2.76. The maximum atomic E-state index is 10.5. The fourth-order valence-electron chi connectivity index (χ4n) is 1.10. The van der Waals surface area contributed by atoms with E-state index in [1.807, 2.05) is 0 Å². The molecule has 4 heteroatoms. The summed E-state index contributed by atoms with van der Waals surface area (Å²) in [6.45, 7) is 1.69. The van der Waals surface area contributed by atoms with Crippen molar-refractivity contribution in [1.29, 1.82) is 0 Å². The summed E-state index contributed by atoms with van der Waals surface area (Å²) in [7, 11) is 0. The zero-order chi connectivity index (χ0) is 7.78. The quantitative estimate of drug-likeness (QED) is 0.570. The first kappa shape index (κ1) is 7.05. The van der Waals surface area contributed by atoms with Crippen LogP contribution in [0.15, 0.2) is 0 Å². The van der Waals surface area contributed by atoms with Crippen molar-refractivity contribution in [2.24, 2.45) is 5.73 Å². The number of carbonyl (C=O) groups excluding carboxylic acids is 2. The van der Waals surface area contributed by atoms with Gasteiger partial charge in [0.15, 0.2) is 0 Å². The lowest BCUT2D eigenvalue weighted by Crippen LogP contribution is -2.46. The molecule has 0 unspecified atom stereocenters. The molecule has 4 nitrogen and oxygen atoms in total. The van der Waals surface area contributed by atoms with Crippen molar-refractivity contribution >= 4 is 11.9 Å². The van der Waals surface area contributed by atoms with Gasteiger partial charge in [-0.05, 0) is 6.92 Å². The highest BCUT2D eigenvalue weighted by molar-refractivity contribution is 5.87. The molecule has 0 bridgehead atoms. The lowest BCUT2D eigenvalue weighted by molar-refractivity contribution is -0.139. The van der Waals surface area contributed by atoms with Crippen molar-refractivity contribution < 1.29 is 14.3 Å². The van der Waals surface area contributed by atoms with Gasteiger partial charge in [0.05, 0.1) is 0 Å². The monoisotopic (exact) mass is 143 g/mol. The van der Waals surface area contributed by atoms with E-state index in [-0.39, 0.29) is 5.78 Å². The minimum atomic E-state index is -0.810. The van der Waals surface area contributed by atoms with Crippen LogP contribution in [0.2, 0.25) is 0 Å². The summed E-state index contributed by atoms with van der Waals surface area (Å²) in [6.07, 6.45) is -0.207. The molecular weight excluding hydrogens is 134 g/mol. The number of ketones is 1. The molecule has 1 amide bonds. The first-order valence-electron chi connectivity index (χ1n) is 3.02. The molecule has 0 aromatic carbocycles. The number of ether oxygens (including phenoxy) is 1. The van der Waals surface area contributed by atoms with E-state index in [9.17, 15) is 9.59 Å². The highest BCUT2D eigenvalue weighted by Gasteiger charge is 2.42. The van der Waals surface area contributed by atoms with E-state index in [1.165, 1.54) is 0 Å². The molecule has 0 saturated heterocycles. The number of primary amides is 1. The van der Waals surface area contributed by atoms with E-state index in [0.29, 0.717) is 12.8 Å². The van der Waals surface area contributed by atoms with Crippen LogP contribution >= 0.6 is 0 Å². The van der Waals surface area contributed by atoms with Gasteiger partial charge in [-0.3, -0.25) is 4.79 Å². The Hall–Kier alpha value is -1.06. The molecule has 1 saturated carbocycles. The van der Waals surface area contributed by atoms with Gasteiger partial charge < -0.3 is 10.5 Å². The highest BCUT2D eigenvalue weighted by Crippen LogP contribution is 2.31. The second-order valence-corrected chi connectivity index (χ2v) is 2.76. The Morgan fingerprint density at radius 2 is 2.20 bits per heavy atom. The Labute approximate surface area is 58.3 Å². The van der Waals surface area contributed by atoms with Gasteiger partial charge in [-0.1, -0.05) is 0 Å². The molecule has 0 radical (unpaired) electrons. The van der Waals surface area contributed by atoms with Gasteiger partial charge in [0, 0.05) is 12.8 Å².